The molecule has 0 spiro atoms. The van der Waals surface area contributed by atoms with Crippen LogP contribution < -0.4 is 0 Å². The van der Waals surface area contributed by atoms with Crippen LogP contribution in [0.3, 0.4) is 0 Å². The number of rotatable bonds is 4. The van der Waals surface area contributed by atoms with Gasteiger partial charge in [-0.05, 0) is 26.2 Å². The molecule has 0 unspecified atom stereocenters. The van der Waals surface area contributed by atoms with Gasteiger partial charge in [-0.25, -0.2) is 24.3 Å². The summed E-state index contributed by atoms with van der Waals surface area (Å²) in [4.78, 5) is 4.00. The summed E-state index contributed by atoms with van der Waals surface area (Å²) in [7, 11) is 7.42. The Bertz CT molecular complexity index is 377. The second-order valence-electron chi connectivity index (χ2n) is 5.21. The van der Waals surface area contributed by atoms with Crippen molar-refractivity contribution in [2.75, 3.05) is 26.2 Å². The normalized spacial score (nSPS) is 8.00. The van der Waals surface area contributed by atoms with E-state index in [4.69, 9.17) is 0 Å². The summed E-state index contributed by atoms with van der Waals surface area (Å²) in [6.07, 6.45) is 0. The molecule has 0 aliphatic carbocycles. The van der Waals surface area contributed by atoms with Crippen molar-refractivity contribution in [2.45, 2.75) is 27.7 Å². The van der Waals surface area contributed by atoms with Crippen molar-refractivity contribution in [3.8, 4) is 0 Å². The molecule has 2 nitrogen and oxygen atoms in total. The number of hydrogen-bond acceptors (Lipinski definition) is 2. The molecule has 3 rings (SSSR count). The van der Waals surface area contributed by atoms with E-state index >= 15 is 0 Å². The first-order chi connectivity index (χ1) is 13.1. The summed E-state index contributed by atoms with van der Waals surface area (Å²) in [6.45, 7) is 12.6. The minimum atomic E-state index is 0. The van der Waals surface area contributed by atoms with Crippen LogP contribution >= 0.6 is 0 Å². The molecule has 0 atom stereocenters. The van der Waals surface area contributed by atoms with Crippen molar-refractivity contribution in [2.24, 2.45) is 0 Å². The maximum absolute atomic E-state index is 3.71. The number of nitrogens with zero attached hydrogens (tertiary/aromatic N) is 2. The fourth-order valence-corrected chi connectivity index (χ4v) is 1.27. The predicted molar refractivity (Wildman–Crippen MR) is 118 cm³/mol. The zero-order valence-electron chi connectivity index (χ0n) is 18.5. The SMILES string of the molecule is [CH2-]N(CC)CC.[CH2-]N(CC)CC.[Rh].[Rh].[Rh].[c-]1[c-][c-][cH-][c-]1.c1cc[cH-]c1.c1cc[cH-]c1. The van der Waals surface area contributed by atoms with Crippen LogP contribution in [-0.4, -0.2) is 36.0 Å². The van der Waals surface area contributed by atoms with Gasteiger partial charge in [0.05, 0.1) is 0 Å². The van der Waals surface area contributed by atoms with Crippen LogP contribution in [0, 0.1) is 38.4 Å². The van der Waals surface area contributed by atoms with Gasteiger partial charge in [-0.3, -0.25) is 14.1 Å². The van der Waals surface area contributed by atoms with Crippen molar-refractivity contribution in [3.05, 3.63) is 105 Å². The van der Waals surface area contributed by atoms with E-state index in [1.807, 2.05) is 70.5 Å². The molecule has 181 valence electrons. The van der Waals surface area contributed by atoms with Crippen molar-refractivity contribution < 1.29 is 58.4 Å². The maximum Gasteiger partial charge on any atom is 0 e. The average Bonchev–Trinajstić information content (AvgIpc) is 3.53. The standard InChI is InChI=1S/2C5H12N.2C5H5.C5H.3Rh/c2*1-4-6(3)5-2;3*1-2-4-5-3-1;;;/h2*3-5H2,1-2H3;2*1-5H;1H;;;/q4*-1;-5;;;. The van der Waals surface area contributed by atoms with E-state index in [1.165, 1.54) is 0 Å². The monoisotopic (exact) mass is 672 g/mol. The first-order valence-electron chi connectivity index (χ1n) is 9.39. The van der Waals surface area contributed by atoms with Crippen LogP contribution in [0.15, 0.2) is 66.7 Å². The second-order valence-corrected chi connectivity index (χ2v) is 5.21. The molecule has 5 heteroatoms. The number of hydrogen-bond donors (Lipinski definition) is 0. The van der Waals surface area contributed by atoms with Crippen LogP contribution in [0.2, 0.25) is 0 Å². The Morgan fingerprint density at radius 2 is 0.867 bits per heavy atom. The second kappa shape index (κ2) is 36.2. The third-order valence-electron chi connectivity index (χ3n) is 3.25. The molecule has 0 aliphatic rings. The van der Waals surface area contributed by atoms with Crippen LogP contribution in [0.5, 0.6) is 0 Å². The minimum absolute atomic E-state index is 0. The molecule has 3 radical (unpaired) electrons. The molecule has 30 heavy (non-hydrogen) atoms. The minimum Gasteiger partial charge on any atom is -0.999 e. The van der Waals surface area contributed by atoms with Crippen molar-refractivity contribution in [1.82, 2.24) is 9.80 Å². The fourth-order valence-electron chi connectivity index (χ4n) is 1.27. The van der Waals surface area contributed by atoms with Crippen LogP contribution in [-0.2, 0) is 58.4 Å². The molecule has 0 N–H and O–H groups in total. The van der Waals surface area contributed by atoms with Gasteiger partial charge in [0.1, 0.15) is 0 Å². The molecule has 0 fully saturated rings. The van der Waals surface area contributed by atoms with E-state index in [0.29, 0.717) is 0 Å². The van der Waals surface area contributed by atoms with Gasteiger partial charge >= 0.3 is 0 Å². The van der Waals surface area contributed by atoms with E-state index in [9.17, 15) is 0 Å². The van der Waals surface area contributed by atoms with Crippen LogP contribution in [0.25, 0.3) is 0 Å². The molecular formula is C25H35N2Rh3-9. The molecule has 3 aromatic rings. The topological polar surface area (TPSA) is 6.48 Å². The van der Waals surface area contributed by atoms with E-state index in [0.717, 1.165) is 26.2 Å². The van der Waals surface area contributed by atoms with Gasteiger partial charge in [0, 0.05) is 58.4 Å². The molecule has 0 heterocycles. The third kappa shape index (κ3) is 38.4. The zero-order chi connectivity index (χ0) is 20.6. The summed E-state index contributed by atoms with van der Waals surface area (Å²) < 4.78 is 0. The van der Waals surface area contributed by atoms with Gasteiger partial charge in [0.25, 0.3) is 0 Å². The molecule has 0 saturated heterocycles. The maximum atomic E-state index is 3.71. The largest absolute Gasteiger partial charge is 0.999 e. The first kappa shape index (κ1) is 40.2. The summed E-state index contributed by atoms with van der Waals surface area (Å²) in [5.74, 6) is 0. The Morgan fingerprint density at radius 1 is 0.600 bits per heavy atom. The Hall–Kier alpha value is -0.160. The molecule has 0 saturated carbocycles. The molecule has 3 aromatic carbocycles. The molecule has 0 bridgehead atoms. The van der Waals surface area contributed by atoms with Gasteiger partial charge in [-0.15, -0.1) is 0 Å². The van der Waals surface area contributed by atoms with E-state index in [-0.39, 0.29) is 58.4 Å². The first-order valence-corrected chi connectivity index (χ1v) is 9.39. The quantitative estimate of drug-likeness (QED) is 0.262. The molecular weight excluding hydrogens is 637 g/mol. The third-order valence-corrected chi connectivity index (χ3v) is 3.25. The van der Waals surface area contributed by atoms with E-state index in [2.05, 4.69) is 66.1 Å². The Kier molecular flexibility index (Phi) is 48.6. The average molecular weight is 672 g/mol. The smallest absolute Gasteiger partial charge is 0 e. The molecule has 0 aromatic heterocycles. The Balaban J connectivity index is -0.0000000847. The fraction of sp³-hybridized carbons (Fsp3) is 0.320. The van der Waals surface area contributed by atoms with Crippen LogP contribution in [0.4, 0.5) is 0 Å². The van der Waals surface area contributed by atoms with E-state index in [1.54, 1.807) is 6.07 Å². The Morgan fingerprint density at radius 3 is 0.933 bits per heavy atom. The van der Waals surface area contributed by atoms with Gasteiger partial charge < -0.3 is 40.1 Å². The van der Waals surface area contributed by atoms with Crippen molar-refractivity contribution in [1.29, 1.82) is 0 Å². The Labute approximate surface area is 225 Å². The van der Waals surface area contributed by atoms with Crippen molar-refractivity contribution in [3.63, 3.8) is 0 Å². The predicted octanol–water partition coefficient (Wildman–Crippen LogP) is 5.65. The van der Waals surface area contributed by atoms with Crippen molar-refractivity contribution >= 4 is 0 Å². The summed E-state index contributed by atoms with van der Waals surface area (Å²) in [5, 5.41) is 0. The van der Waals surface area contributed by atoms with Gasteiger partial charge in [-0.2, -0.15) is 36.4 Å². The van der Waals surface area contributed by atoms with E-state index < -0.39 is 0 Å². The zero-order valence-corrected chi connectivity index (χ0v) is 23.4. The van der Waals surface area contributed by atoms with Gasteiger partial charge in [-0.1, -0.05) is 27.7 Å². The van der Waals surface area contributed by atoms with Crippen LogP contribution in [0.1, 0.15) is 27.7 Å². The summed E-state index contributed by atoms with van der Waals surface area (Å²) in [5.41, 5.74) is 0. The van der Waals surface area contributed by atoms with Gasteiger partial charge in [0.2, 0.25) is 0 Å². The van der Waals surface area contributed by atoms with Gasteiger partial charge in [0.15, 0.2) is 0 Å². The molecule has 0 amide bonds. The molecule has 0 aliphatic heterocycles. The summed E-state index contributed by atoms with van der Waals surface area (Å²) in [6, 6.07) is 32.0. The summed E-state index contributed by atoms with van der Waals surface area (Å²) >= 11 is 0.